The summed E-state index contributed by atoms with van der Waals surface area (Å²) in [6.07, 6.45) is 1.25. The quantitative estimate of drug-likeness (QED) is 0.622. The van der Waals surface area contributed by atoms with Gasteiger partial charge in [-0.1, -0.05) is 24.3 Å². The highest BCUT2D eigenvalue weighted by atomic mass is 16.5. The highest BCUT2D eigenvalue weighted by molar-refractivity contribution is 6.01. The summed E-state index contributed by atoms with van der Waals surface area (Å²) in [6.45, 7) is 4.41. The number of carbonyl (C=O) groups excluding carboxylic acids is 2. The number of methoxy groups -OCH3 is 1. The molecular formula is C21H22N4O3. The van der Waals surface area contributed by atoms with Crippen molar-refractivity contribution in [2.75, 3.05) is 24.3 Å². The zero-order valence-corrected chi connectivity index (χ0v) is 16.0. The van der Waals surface area contributed by atoms with Crippen LogP contribution in [0.3, 0.4) is 0 Å². The highest BCUT2D eigenvalue weighted by Crippen LogP contribution is 2.32. The molecule has 0 atom stereocenters. The summed E-state index contributed by atoms with van der Waals surface area (Å²) in [5.74, 6) is 0.481. The minimum atomic E-state index is -0.513. The molecular weight excluding hydrogens is 356 g/mol. The van der Waals surface area contributed by atoms with Gasteiger partial charge in [-0.3, -0.25) is 10.6 Å². The summed E-state index contributed by atoms with van der Waals surface area (Å²) in [6, 6.07) is 13.1. The van der Waals surface area contributed by atoms with E-state index in [1.165, 1.54) is 7.11 Å². The number of nitrogens with one attached hydrogen (secondary N) is 3. The molecule has 7 heteroatoms. The molecule has 7 nitrogen and oxygen atoms in total. The standard InChI is InChI=1S/C21H22N4O3/c1-4-22-20(26)25-19-11-17-16(10-5-13(2)18(17)12-23-19)14-6-8-15(9-7-14)24-21(27)28-3/h5-12H,4H2,1-3H3,(H,24,27)(H2,22,23,25,26). The third kappa shape index (κ3) is 4.20. The van der Waals surface area contributed by atoms with E-state index in [-0.39, 0.29) is 6.03 Å². The highest BCUT2D eigenvalue weighted by Gasteiger charge is 2.10. The molecule has 0 aliphatic carbocycles. The second-order valence-corrected chi connectivity index (χ2v) is 6.22. The van der Waals surface area contributed by atoms with Crippen LogP contribution in [0.4, 0.5) is 21.1 Å². The van der Waals surface area contributed by atoms with E-state index in [1.807, 2.05) is 56.3 Å². The van der Waals surface area contributed by atoms with Gasteiger partial charge in [-0.15, -0.1) is 0 Å². The maximum absolute atomic E-state index is 11.8. The van der Waals surface area contributed by atoms with Crippen LogP contribution in [-0.2, 0) is 4.74 Å². The number of hydrogen-bond acceptors (Lipinski definition) is 4. The second-order valence-electron chi connectivity index (χ2n) is 6.22. The minimum Gasteiger partial charge on any atom is -0.453 e. The number of carbonyl (C=O) groups is 2. The molecule has 0 aliphatic rings. The predicted molar refractivity (Wildman–Crippen MR) is 111 cm³/mol. The lowest BCUT2D eigenvalue weighted by Gasteiger charge is -2.12. The monoisotopic (exact) mass is 378 g/mol. The molecule has 3 aromatic rings. The third-order valence-electron chi connectivity index (χ3n) is 4.33. The molecule has 0 aliphatic heterocycles. The fourth-order valence-electron chi connectivity index (χ4n) is 2.92. The average molecular weight is 378 g/mol. The average Bonchev–Trinajstić information content (AvgIpc) is 2.69. The Kier molecular flexibility index (Phi) is 5.74. The van der Waals surface area contributed by atoms with Gasteiger partial charge in [-0.05, 0) is 54.1 Å². The fraction of sp³-hybridized carbons (Fsp3) is 0.190. The summed E-state index contributed by atoms with van der Waals surface area (Å²) in [4.78, 5) is 27.5. The van der Waals surface area contributed by atoms with E-state index in [4.69, 9.17) is 0 Å². The Bertz CT molecular complexity index is 1020. The van der Waals surface area contributed by atoms with Crippen LogP contribution < -0.4 is 16.0 Å². The van der Waals surface area contributed by atoms with Gasteiger partial charge in [-0.2, -0.15) is 0 Å². The number of nitrogens with zero attached hydrogens (tertiary/aromatic N) is 1. The summed E-state index contributed by atoms with van der Waals surface area (Å²) < 4.78 is 4.61. The molecule has 144 valence electrons. The van der Waals surface area contributed by atoms with Crippen LogP contribution in [0.5, 0.6) is 0 Å². The van der Waals surface area contributed by atoms with Crippen molar-refractivity contribution in [3.8, 4) is 11.1 Å². The maximum Gasteiger partial charge on any atom is 0.411 e. The van der Waals surface area contributed by atoms with E-state index in [1.54, 1.807) is 6.20 Å². The molecule has 1 aromatic heterocycles. The first kappa shape index (κ1) is 19.2. The largest absolute Gasteiger partial charge is 0.453 e. The molecule has 28 heavy (non-hydrogen) atoms. The lowest BCUT2D eigenvalue weighted by Crippen LogP contribution is -2.28. The van der Waals surface area contributed by atoms with E-state index in [9.17, 15) is 9.59 Å². The van der Waals surface area contributed by atoms with Crippen LogP contribution in [0.2, 0.25) is 0 Å². The second kappa shape index (κ2) is 8.39. The number of rotatable bonds is 4. The molecule has 0 bridgehead atoms. The number of aromatic nitrogens is 1. The number of pyridine rings is 1. The molecule has 0 saturated carbocycles. The van der Waals surface area contributed by atoms with Gasteiger partial charge >= 0.3 is 12.1 Å². The molecule has 0 saturated heterocycles. The van der Waals surface area contributed by atoms with Crippen LogP contribution in [-0.4, -0.2) is 30.8 Å². The number of aryl methyl sites for hydroxylation is 1. The normalized spacial score (nSPS) is 10.4. The number of urea groups is 1. The predicted octanol–water partition coefficient (Wildman–Crippen LogP) is 4.53. The van der Waals surface area contributed by atoms with Crippen molar-refractivity contribution in [1.29, 1.82) is 0 Å². The Morgan fingerprint density at radius 2 is 1.79 bits per heavy atom. The third-order valence-corrected chi connectivity index (χ3v) is 4.33. The zero-order chi connectivity index (χ0) is 20.1. The smallest absolute Gasteiger partial charge is 0.411 e. The van der Waals surface area contributed by atoms with Gasteiger partial charge in [0.1, 0.15) is 5.82 Å². The Morgan fingerprint density at radius 1 is 1.04 bits per heavy atom. The molecule has 3 N–H and O–H groups in total. The van der Waals surface area contributed by atoms with E-state index in [0.717, 1.165) is 27.5 Å². The van der Waals surface area contributed by atoms with Crippen LogP contribution >= 0.6 is 0 Å². The van der Waals surface area contributed by atoms with Crippen LogP contribution in [0, 0.1) is 6.92 Å². The Balaban J connectivity index is 1.99. The van der Waals surface area contributed by atoms with Gasteiger partial charge in [0, 0.05) is 23.8 Å². The number of benzene rings is 2. The van der Waals surface area contributed by atoms with Crippen LogP contribution in [0.25, 0.3) is 21.9 Å². The molecule has 3 rings (SSSR count). The minimum absolute atomic E-state index is 0.290. The van der Waals surface area contributed by atoms with Gasteiger partial charge < -0.3 is 10.1 Å². The first-order chi connectivity index (χ1) is 13.5. The molecule has 2 aromatic carbocycles. The molecule has 0 unspecified atom stereocenters. The van der Waals surface area contributed by atoms with Crippen molar-refractivity contribution in [3.05, 3.63) is 54.2 Å². The topological polar surface area (TPSA) is 92.4 Å². The van der Waals surface area contributed by atoms with E-state index < -0.39 is 6.09 Å². The zero-order valence-electron chi connectivity index (χ0n) is 16.0. The van der Waals surface area contributed by atoms with Crippen LogP contribution in [0.1, 0.15) is 12.5 Å². The number of fused-ring (bicyclic) bond motifs is 1. The lowest BCUT2D eigenvalue weighted by atomic mass is 9.96. The van der Waals surface area contributed by atoms with Gasteiger partial charge in [-0.25, -0.2) is 14.6 Å². The van der Waals surface area contributed by atoms with Gasteiger partial charge in [0.05, 0.1) is 7.11 Å². The van der Waals surface area contributed by atoms with Gasteiger partial charge in [0.25, 0.3) is 0 Å². The van der Waals surface area contributed by atoms with Crippen molar-refractivity contribution in [1.82, 2.24) is 10.3 Å². The van der Waals surface area contributed by atoms with Crippen molar-refractivity contribution >= 4 is 34.4 Å². The lowest BCUT2D eigenvalue weighted by molar-refractivity contribution is 0.187. The van der Waals surface area contributed by atoms with E-state index >= 15 is 0 Å². The van der Waals surface area contributed by atoms with Crippen LogP contribution in [0.15, 0.2) is 48.7 Å². The van der Waals surface area contributed by atoms with Gasteiger partial charge in [0.2, 0.25) is 0 Å². The molecule has 3 amide bonds. The van der Waals surface area contributed by atoms with E-state index in [2.05, 4.69) is 25.7 Å². The van der Waals surface area contributed by atoms with Crippen molar-refractivity contribution in [2.45, 2.75) is 13.8 Å². The fourth-order valence-corrected chi connectivity index (χ4v) is 2.92. The SMILES string of the molecule is CCNC(=O)Nc1cc2c(-c3ccc(NC(=O)OC)cc3)ccc(C)c2cn1. The Hall–Kier alpha value is -3.61. The Labute approximate surface area is 163 Å². The van der Waals surface area contributed by atoms with Crippen molar-refractivity contribution in [3.63, 3.8) is 0 Å². The summed E-state index contributed by atoms with van der Waals surface area (Å²) >= 11 is 0. The summed E-state index contributed by atoms with van der Waals surface area (Å²) in [7, 11) is 1.32. The number of amides is 3. The molecule has 0 spiro atoms. The number of hydrogen-bond donors (Lipinski definition) is 3. The first-order valence-corrected chi connectivity index (χ1v) is 8.91. The summed E-state index contributed by atoms with van der Waals surface area (Å²) in [5.41, 5.74) is 3.73. The molecule has 1 heterocycles. The molecule has 0 radical (unpaired) electrons. The van der Waals surface area contributed by atoms with E-state index in [0.29, 0.717) is 18.1 Å². The maximum atomic E-state index is 11.8. The molecule has 0 fully saturated rings. The van der Waals surface area contributed by atoms with Gasteiger partial charge in [0.15, 0.2) is 0 Å². The first-order valence-electron chi connectivity index (χ1n) is 8.91. The Morgan fingerprint density at radius 3 is 2.46 bits per heavy atom. The summed E-state index contributed by atoms with van der Waals surface area (Å²) in [5, 5.41) is 10.1. The number of anilines is 2. The number of ether oxygens (including phenoxy) is 1. The van der Waals surface area contributed by atoms with Crippen molar-refractivity contribution in [2.24, 2.45) is 0 Å². The van der Waals surface area contributed by atoms with Crippen molar-refractivity contribution < 1.29 is 14.3 Å².